The second kappa shape index (κ2) is 5.87. The Hall–Kier alpha value is -1.23. The maximum absolute atomic E-state index is 12.3. The SMILES string of the molecule is O=C(Nc1ccc(Br)c(Cl)c1Cl)[C@@H]1Cc2ccccc2N1. The maximum Gasteiger partial charge on any atom is 0.247 e. The van der Waals surface area contributed by atoms with Gasteiger partial charge in [0.25, 0.3) is 0 Å². The number of anilines is 2. The molecule has 2 aromatic carbocycles. The summed E-state index contributed by atoms with van der Waals surface area (Å²) in [6.45, 7) is 0. The van der Waals surface area contributed by atoms with Crippen molar-refractivity contribution in [1.82, 2.24) is 0 Å². The van der Waals surface area contributed by atoms with Crippen LogP contribution in [0.3, 0.4) is 0 Å². The van der Waals surface area contributed by atoms with Crippen LogP contribution in [-0.2, 0) is 11.2 Å². The Balaban J connectivity index is 1.76. The Kier molecular flexibility index (Phi) is 4.11. The predicted molar refractivity (Wildman–Crippen MR) is 90.3 cm³/mol. The zero-order valence-electron chi connectivity index (χ0n) is 10.8. The Morgan fingerprint density at radius 2 is 1.95 bits per heavy atom. The van der Waals surface area contributed by atoms with Gasteiger partial charge in [0.15, 0.2) is 0 Å². The van der Waals surface area contributed by atoms with E-state index in [1.165, 1.54) is 0 Å². The monoisotopic (exact) mass is 384 g/mol. The molecule has 1 amide bonds. The Labute approximate surface area is 140 Å². The molecule has 6 heteroatoms. The highest BCUT2D eigenvalue weighted by molar-refractivity contribution is 9.10. The van der Waals surface area contributed by atoms with Crippen molar-refractivity contribution < 1.29 is 4.79 Å². The van der Waals surface area contributed by atoms with Crippen LogP contribution in [0.25, 0.3) is 0 Å². The molecule has 1 aliphatic heterocycles. The number of carbonyl (C=O) groups excluding carboxylic acids is 1. The van der Waals surface area contributed by atoms with E-state index in [0.717, 1.165) is 11.3 Å². The third-order valence-corrected chi connectivity index (χ3v) is 5.15. The van der Waals surface area contributed by atoms with Gasteiger partial charge in [0.1, 0.15) is 6.04 Å². The lowest BCUT2D eigenvalue weighted by Crippen LogP contribution is -2.32. The lowest BCUT2D eigenvalue weighted by Gasteiger charge is -2.14. The van der Waals surface area contributed by atoms with Crippen molar-refractivity contribution in [2.45, 2.75) is 12.5 Å². The lowest BCUT2D eigenvalue weighted by molar-refractivity contribution is -0.116. The van der Waals surface area contributed by atoms with Gasteiger partial charge >= 0.3 is 0 Å². The summed E-state index contributed by atoms with van der Waals surface area (Å²) in [5, 5.41) is 6.73. The van der Waals surface area contributed by atoms with Crippen molar-refractivity contribution in [3.05, 3.63) is 56.5 Å². The van der Waals surface area contributed by atoms with E-state index in [-0.39, 0.29) is 11.9 Å². The molecule has 1 heterocycles. The molecule has 3 rings (SSSR count). The summed E-state index contributed by atoms with van der Waals surface area (Å²) >= 11 is 15.5. The maximum atomic E-state index is 12.3. The van der Waals surface area contributed by atoms with E-state index >= 15 is 0 Å². The zero-order valence-corrected chi connectivity index (χ0v) is 13.9. The third-order valence-electron chi connectivity index (χ3n) is 3.38. The molecule has 1 aliphatic rings. The number of hydrogen-bond acceptors (Lipinski definition) is 2. The van der Waals surface area contributed by atoms with Crippen LogP contribution in [0.1, 0.15) is 5.56 Å². The van der Waals surface area contributed by atoms with Crippen molar-refractivity contribution >= 4 is 56.4 Å². The summed E-state index contributed by atoms with van der Waals surface area (Å²) in [7, 11) is 0. The quantitative estimate of drug-likeness (QED) is 0.733. The molecule has 21 heavy (non-hydrogen) atoms. The van der Waals surface area contributed by atoms with E-state index in [0.29, 0.717) is 26.6 Å². The largest absolute Gasteiger partial charge is 0.373 e. The molecular weight excluding hydrogens is 375 g/mol. The van der Waals surface area contributed by atoms with Gasteiger partial charge in [0, 0.05) is 16.6 Å². The van der Waals surface area contributed by atoms with Crippen molar-refractivity contribution in [1.29, 1.82) is 0 Å². The first kappa shape index (κ1) is 14.7. The number of hydrogen-bond donors (Lipinski definition) is 2. The molecule has 0 spiro atoms. The van der Waals surface area contributed by atoms with Gasteiger partial charge in [-0.15, -0.1) is 0 Å². The molecule has 2 N–H and O–H groups in total. The van der Waals surface area contributed by atoms with Crippen molar-refractivity contribution in [3.63, 3.8) is 0 Å². The van der Waals surface area contributed by atoms with Crippen LogP contribution in [0, 0.1) is 0 Å². The molecule has 3 nitrogen and oxygen atoms in total. The molecule has 0 aromatic heterocycles. The molecule has 0 radical (unpaired) electrons. The molecule has 2 aromatic rings. The minimum atomic E-state index is -0.305. The lowest BCUT2D eigenvalue weighted by atomic mass is 10.1. The molecule has 0 saturated carbocycles. The van der Waals surface area contributed by atoms with E-state index in [2.05, 4.69) is 26.6 Å². The fourth-order valence-electron chi connectivity index (χ4n) is 2.30. The smallest absolute Gasteiger partial charge is 0.247 e. The number of carbonyl (C=O) groups is 1. The van der Waals surface area contributed by atoms with Gasteiger partial charge in [-0.2, -0.15) is 0 Å². The molecule has 0 fully saturated rings. The number of nitrogens with one attached hydrogen (secondary N) is 2. The van der Waals surface area contributed by atoms with Gasteiger partial charge in [-0.1, -0.05) is 41.4 Å². The van der Waals surface area contributed by atoms with Crippen LogP contribution in [0.4, 0.5) is 11.4 Å². The molecule has 0 unspecified atom stereocenters. The third kappa shape index (κ3) is 2.89. The van der Waals surface area contributed by atoms with Crippen LogP contribution in [0.2, 0.25) is 10.0 Å². The number of halogens is 3. The van der Waals surface area contributed by atoms with Crippen molar-refractivity contribution in [2.75, 3.05) is 10.6 Å². The average Bonchev–Trinajstić information content (AvgIpc) is 2.92. The Morgan fingerprint density at radius 3 is 2.71 bits per heavy atom. The van der Waals surface area contributed by atoms with Gasteiger partial charge in [0.05, 0.1) is 15.7 Å². The molecule has 0 saturated heterocycles. The predicted octanol–water partition coefficient (Wildman–Crippen LogP) is 4.73. The molecular formula is C15H11BrCl2N2O. The summed E-state index contributed by atoms with van der Waals surface area (Å²) in [6.07, 6.45) is 0.657. The topological polar surface area (TPSA) is 41.1 Å². The van der Waals surface area contributed by atoms with Gasteiger partial charge in [-0.05, 0) is 39.7 Å². The molecule has 108 valence electrons. The van der Waals surface area contributed by atoms with Crippen molar-refractivity contribution in [3.8, 4) is 0 Å². The number of rotatable bonds is 2. The highest BCUT2D eigenvalue weighted by Crippen LogP contribution is 2.36. The number of amides is 1. The first-order chi connectivity index (χ1) is 10.1. The van der Waals surface area contributed by atoms with Crippen LogP contribution >= 0.6 is 39.1 Å². The van der Waals surface area contributed by atoms with Gasteiger partial charge in [0.2, 0.25) is 5.91 Å². The minimum absolute atomic E-state index is 0.133. The highest BCUT2D eigenvalue weighted by Gasteiger charge is 2.26. The number of benzene rings is 2. The Bertz CT molecular complexity index is 696. The summed E-state index contributed by atoms with van der Waals surface area (Å²) in [5.74, 6) is -0.133. The standard InChI is InChI=1S/C15H11BrCl2N2O/c16-9-5-6-11(14(18)13(9)17)20-15(21)12-7-8-3-1-2-4-10(8)19-12/h1-6,12,19H,7H2,(H,20,21)/t12-/m0/s1. The normalized spacial score (nSPS) is 16.2. The van der Waals surface area contributed by atoms with E-state index in [1.54, 1.807) is 12.1 Å². The highest BCUT2D eigenvalue weighted by atomic mass is 79.9. The van der Waals surface area contributed by atoms with Gasteiger partial charge < -0.3 is 10.6 Å². The van der Waals surface area contributed by atoms with E-state index in [1.807, 2.05) is 24.3 Å². The summed E-state index contributed by atoms with van der Waals surface area (Å²) < 4.78 is 0.693. The Morgan fingerprint density at radius 1 is 1.19 bits per heavy atom. The van der Waals surface area contributed by atoms with Gasteiger partial charge in [-0.3, -0.25) is 4.79 Å². The minimum Gasteiger partial charge on any atom is -0.373 e. The summed E-state index contributed by atoms with van der Waals surface area (Å²) in [6, 6.07) is 11.1. The summed E-state index contributed by atoms with van der Waals surface area (Å²) in [4.78, 5) is 12.3. The first-order valence-corrected chi connectivity index (χ1v) is 7.90. The van der Waals surface area contributed by atoms with E-state index < -0.39 is 0 Å². The summed E-state index contributed by atoms with van der Waals surface area (Å²) in [5.41, 5.74) is 2.64. The van der Waals surface area contributed by atoms with Crippen LogP contribution in [0.15, 0.2) is 40.9 Å². The van der Waals surface area contributed by atoms with Crippen molar-refractivity contribution in [2.24, 2.45) is 0 Å². The fourth-order valence-corrected chi connectivity index (χ4v) is 3.12. The first-order valence-electron chi connectivity index (χ1n) is 6.35. The molecule has 0 aliphatic carbocycles. The average molecular weight is 386 g/mol. The second-order valence-corrected chi connectivity index (χ2v) is 6.38. The zero-order chi connectivity index (χ0) is 15.0. The van der Waals surface area contributed by atoms with Gasteiger partial charge in [-0.25, -0.2) is 0 Å². The fraction of sp³-hybridized carbons (Fsp3) is 0.133. The molecule has 0 bridgehead atoms. The number of fused-ring (bicyclic) bond motifs is 1. The van der Waals surface area contributed by atoms with E-state index in [4.69, 9.17) is 23.2 Å². The van der Waals surface area contributed by atoms with Crippen LogP contribution in [-0.4, -0.2) is 11.9 Å². The van der Waals surface area contributed by atoms with Crippen LogP contribution in [0.5, 0.6) is 0 Å². The van der Waals surface area contributed by atoms with Crippen LogP contribution < -0.4 is 10.6 Å². The second-order valence-electron chi connectivity index (χ2n) is 4.77. The molecule has 1 atom stereocenters. The van der Waals surface area contributed by atoms with E-state index in [9.17, 15) is 4.79 Å². The number of para-hydroxylation sites is 1.